The first kappa shape index (κ1) is 13.3. The quantitative estimate of drug-likeness (QED) is 0.433. The Kier molecular flexibility index (Phi) is 4.63. The number of aliphatic hydroxyl groups is 3. The van der Waals surface area contributed by atoms with Gasteiger partial charge < -0.3 is 30.1 Å². The largest absolute Gasteiger partial charge is 0.394 e. The highest BCUT2D eigenvalue weighted by Gasteiger charge is 2.44. The summed E-state index contributed by atoms with van der Waals surface area (Å²) in [6, 6.07) is -0.861. The lowest BCUT2D eigenvalue weighted by atomic mass is 9.97. The van der Waals surface area contributed by atoms with Crippen molar-refractivity contribution >= 4 is 5.91 Å². The Morgan fingerprint density at radius 2 is 2.06 bits per heavy atom. The first-order valence-corrected chi connectivity index (χ1v) is 4.93. The summed E-state index contributed by atoms with van der Waals surface area (Å²) in [4.78, 5) is 10.9. The third-order valence-electron chi connectivity index (χ3n) is 2.48. The van der Waals surface area contributed by atoms with E-state index in [2.05, 4.69) is 5.32 Å². The fraction of sp³-hybridized carbons (Fsp3) is 0.889. The van der Waals surface area contributed by atoms with Crippen LogP contribution in [0.1, 0.15) is 6.92 Å². The number of hydrogen-bond donors (Lipinski definition) is 4. The Morgan fingerprint density at radius 3 is 2.50 bits per heavy atom. The number of methoxy groups -OCH3 is 1. The summed E-state index contributed by atoms with van der Waals surface area (Å²) in [5.41, 5.74) is 0. The molecule has 4 N–H and O–H groups in total. The molecule has 1 heterocycles. The summed E-state index contributed by atoms with van der Waals surface area (Å²) in [5.74, 6) is -0.371. The van der Waals surface area contributed by atoms with Gasteiger partial charge in [0.25, 0.3) is 0 Å². The molecule has 1 saturated heterocycles. The van der Waals surface area contributed by atoms with Crippen molar-refractivity contribution in [3.05, 3.63) is 0 Å². The van der Waals surface area contributed by atoms with Gasteiger partial charge in [-0.15, -0.1) is 0 Å². The summed E-state index contributed by atoms with van der Waals surface area (Å²) < 4.78 is 10.1. The van der Waals surface area contributed by atoms with E-state index >= 15 is 0 Å². The molecule has 0 radical (unpaired) electrons. The highest BCUT2D eigenvalue weighted by molar-refractivity contribution is 5.73. The molecule has 1 aliphatic rings. The molecule has 1 rings (SSSR count). The maximum atomic E-state index is 10.9. The molecule has 16 heavy (non-hydrogen) atoms. The first-order chi connectivity index (χ1) is 7.51. The molecule has 5 atom stereocenters. The molecule has 7 heteroatoms. The molecule has 0 aromatic heterocycles. The second-order valence-corrected chi connectivity index (χ2v) is 3.67. The third-order valence-corrected chi connectivity index (χ3v) is 2.48. The number of carbonyl (C=O) groups excluding carboxylic acids is 1. The smallest absolute Gasteiger partial charge is 0.217 e. The summed E-state index contributed by atoms with van der Waals surface area (Å²) >= 11 is 0. The van der Waals surface area contributed by atoms with Crippen LogP contribution >= 0.6 is 0 Å². The fourth-order valence-corrected chi connectivity index (χ4v) is 1.67. The SMILES string of the molecule is CO[C@H]1O[C@H](CO)[C@H](O)[C@H](O)[C@@H]1NC(C)=O. The molecule has 0 aliphatic carbocycles. The molecule has 94 valence electrons. The Morgan fingerprint density at radius 1 is 1.44 bits per heavy atom. The van der Waals surface area contributed by atoms with Gasteiger partial charge in [-0.3, -0.25) is 4.79 Å². The molecule has 0 unspecified atom stereocenters. The lowest BCUT2D eigenvalue weighted by molar-refractivity contribution is -0.262. The molecule has 1 aliphatic heterocycles. The zero-order chi connectivity index (χ0) is 12.3. The Hall–Kier alpha value is -0.730. The lowest BCUT2D eigenvalue weighted by Gasteiger charge is -2.41. The zero-order valence-corrected chi connectivity index (χ0v) is 9.16. The van der Waals surface area contributed by atoms with Gasteiger partial charge in [-0.1, -0.05) is 0 Å². The van der Waals surface area contributed by atoms with E-state index in [4.69, 9.17) is 14.6 Å². The Labute approximate surface area is 93.0 Å². The standard InChI is InChI=1S/C9H17NO6/c1-4(12)10-6-8(14)7(13)5(3-11)16-9(6)15-2/h5-9,11,13-14H,3H2,1-2H3,(H,10,12)/t5-,6+,7+,8-,9+/m1/s1. The van der Waals surface area contributed by atoms with Crippen LogP contribution < -0.4 is 5.32 Å². The minimum absolute atomic E-state index is 0.371. The van der Waals surface area contributed by atoms with Crippen molar-refractivity contribution in [2.45, 2.75) is 37.6 Å². The van der Waals surface area contributed by atoms with E-state index in [9.17, 15) is 15.0 Å². The van der Waals surface area contributed by atoms with Crippen molar-refractivity contribution in [2.24, 2.45) is 0 Å². The van der Waals surface area contributed by atoms with Crippen LogP contribution in [-0.2, 0) is 14.3 Å². The molecular weight excluding hydrogens is 218 g/mol. The summed E-state index contributed by atoms with van der Waals surface area (Å²) in [7, 11) is 1.35. The third kappa shape index (κ3) is 2.69. The van der Waals surface area contributed by atoms with Crippen molar-refractivity contribution < 1.29 is 29.6 Å². The molecule has 7 nitrogen and oxygen atoms in total. The number of hydrogen-bond acceptors (Lipinski definition) is 6. The first-order valence-electron chi connectivity index (χ1n) is 4.93. The lowest BCUT2D eigenvalue weighted by Crippen LogP contribution is -2.64. The molecule has 0 bridgehead atoms. The van der Waals surface area contributed by atoms with Crippen molar-refractivity contribution in [1.82, 2.24) is 5.32 Å². The topological polar surface area (TPSA) is 108 Å². The van der Waals surface area contributed by atoms with Gasteiger partial charge in [0.2, 0.25) is 5.91 Å². The van der Waals surface area contributed by atoms with Gasteiger partial charge in [-0.05, 0) is 0 Å². The average molecular weight is 235 g/mol. The van der Waals surface area contributed by atoms with Crippen molar-refractivity contribution in [3.63, 3.8) is 0 Å². The van der Waals surface area contributed by atoms with Gasteiger partial charge in [0.1, 0.15) is 24.4 Å². The highest BCUT2D eigenvalue weighted by atomic mass is 16.7. The molecule has 1 amide bonds. The van der Waals surface area contributed by atoms with Gasteiger partial charge in [0.05, 0.1) is 6.61 Å². The number of aliphatic hydroxyl groups excluding tert-OH is 3. The van der Waals surface area contributed by atoms with E-state index in [1.54, 1.807) is 0 Å². The van der Waals surface area contributed by atoms with E-state index in [1.807, 2.05) is 0 Å². The predicted molar refractivity (Wildman–Crippen MR) is 52.4 cm³/mol. The van der Waals surface area contributed by atoms with Gasteiger partial charge in [-0.2, -0.15) is 0 Å². The Bertz CT molecular complexity index is 246. The van der Waals surface area contributed by atoms with E-state index in [0.717, 1.165) is 0 Å². The van der Waals surface area contributed by atoms with Crippen LogP contribution in [0.4, 0.5) is 0 Å². The summed E-state index contributed by atoms with van der Waals surface area (Å²) in [5, 5.41) is 30.7. The van der Waals surface area contributed by atoms with E-state index < -0.39 is 37.3 Å². The van der Waals surface area contributed by atoms with Crippen LogP contribution in [0.25, 0.3) is 0 Å². The summed E-state index contributed by atoms with van der Waals surface area (Å²) in [6.45, 7) is 0.842. The van der Waals surface area contributed by atoms with Crippen molar-refractivity contribution in [1.29, 1.82) is 0 Å². The highest BCUT2D eigenvalue weighted by Crippen LogP contribution is 2.21. The second kappa shape index (κ2) is 5.55. The fourth-order valence-electron chi connectivity index (χ4n) is 1.67. The van der Waals surface area contributed by atoms with Crippen molar-refractivity contribution in [2.75, 3.05) is 13.7 Å². The number of rotatable bonds is 3. The van der Waals surface area contributed by atoms with Gasteiger partial charge in [-0.25, -0.2) is 0 Å². The number of carbonyl (C=O) groups is 1. The van der Waals surface area contributed by atoms with E-state index in [1.165, 1.54) is 14.0 Å². The van der Waals surface area contributed by atoms with Crippen LogP contribution in [0.15, 0.2) is 0 Å². The second-order valence-electron chi connectivity index (χ2n) is 3.67. The number of ether oxygens (including phenoxy) is 2. The van der Waals surface area contributed by atoms with Crippen LogP contribution in [0.5, 0.6) is 0 Å². The minimum atomic E-state index is -1.27. The normalized spacial score (nSPS) is 39.4. The van der Waals surface area contributed by atoms with Gasteiger partial charge >= 0.3 is 0 Å². The van der Waals surface area contributed by atoms with Crippen LogP contribution in [-0.4, -0.2) is 65.6 Å². The van der Waals surface area contributed by atoms with Gasteiger partial charge in [0, 0.05) is 14.0 Å². The van der Waals surface area contributed by atoms with Crippen LogP contribution in [0.3, 0.4) is 0 Å². The zero-order valence-electron chi connectivity index (χ0n) is 9.16. The average Bonchev–Trinajstić information content (AvgIpc) is 2.25. The molecule has 0 saturated carbocycles. The summed E-state index contributed by atoms with van der Waals surface area (Å²) in [6.07, 6.45) is -4.35. The molecule has 0 spiro atoms. The van der Waals surface area contributed by atoms with E-state index in [0.29, 0.717) is 0 Å². The molecule has 0 aromatic carbocycles. The molecular formula is C9H17NO6. The minimum Gasteiger partial charge on any atom is -0.394 e. The monoisotopic (exact) mass is 235 g/mol. The van der Waals surface area contributed by atoms with Crippen molar-refractivity contribution in [3.8, 4) is 0 Å². The van der Waals surface area contributed by atoms with Crippen LogP contribution in [0, 0.1) is 0 Å². The maximum Gasteiger partial charge on any atom is 0.217 e. The van der Waals surface area contributed by atoms with Gasteiger partial charge in [0.15, 0.2) is 6.29 Å². The molecule has 1 fully saturated rings. The van der Waals surface area contributed by atoms with E-state index in [-0.39, 0.29) is 5.91 Å². The number of amides is 1. The molecule has 0 aromatic rings. The number of nitrogens with one attached hydrogen (secondary N) is 1. The Balaban J connectivity index is 2.77. The maximum absolute atomic E-state index is 10.9. The van der Waals surface area contributed by atoms with Crippen LogP contribution in [0.2, 0.25) is 0 Å². The predicted octanol–water partition coefficient (Wildman–Crippen LogP) is -2.42.